The Bertz CT molecular complexity index is 789. The van der Waals surface area contributed by atoms with E-state index in [9.17, 15) is 4.79 Å². The molecule has 2 aromatic heterocycles. The van der Waals surface area contributed by atoms with Crippen LogP contribution in [0.1, 0.15) is 24.7 Å². The molecule has 0 unspecified atom stereocenters. The number of oxazole rings is 1. The number of carbonyl (C=O) groups excluding carboxylic acids is 1. The Kier molecular flexibility index (Phi) is 4.27. The molecule has 1 N–H and O–H groups in total. The summed E-state index contributed by atoms with van der Waals surface area (Å²) in [6.45, 7) is 2.14. The van der Waals surface area contributed by atoms with Gasteiger partial charge in [-0.05, 0) is 38.1 Å². The van der Waals surface area contributed by atoms with Crippen LogP contribution < -0.4 is 5.32 Å². The lowest BCUT2D eigenvalue weighted by molar-refractivity contribution is -0.117. The molecule has 6 nitrogen and oxygen atoms in total. The first kappa shape index (κ1) is 15.3. The molecule has 4 rings (SSSR count). The van der Waals surface area contributed by atoms with Gasteiger partial charge in [0.2, 0.25) is 5.91 Å². The molecule has 124 valence electrons. The molecule has 1 aliphatic rings. The molecule has 1 aromatic carbocycles. The van der Waals surface area contributed by atoms with Gasteiger partial charge in [0, 0.05) is 17.5 Å². The van der Waals surface area contributed by atoms with Gasteiger partial charge in [-0.25, -0.2) is 9.97 Å². The standard InChI is InChI=1S/C17H18N4O2S/c22-15(20-17-18-7-10-24-17)11-21-8-5-12(6-9-21)16-19-13-3-1-2-4-14(13)23-16/h1-4,7,10,12H,5-6,8-9,11H2,(H,18,20,22). The number of para-hydroxylation sites is 2. The van der Waals surface area contributed by atoms with Crippen molar-refractivity contribution in [1.82, 2.24) is 14.9 Å². The lowest BCUT2D eigenvalue weighted by Crippen LogP contribution is -2.38. The first-order valence-electron chi connectivity index (χ1n) is 8.05. The molecule has 0 spiro atoms. The SMILES string of the molecule is O=C(CN1CCC(c2nc3ccccc3o2)CC1)Nc1nccs1. The minimum absolute atomic E-state index is 0.00902. The van der Waals surface area contributed by atoms with E-state index in [-0.39, 0.29) is 5.91 Å². The topological polar surface area (TPSA) is 71.3 Å². The Labute approximate surface area is 143 Å². The summed E-state index contributed by atoms with van der Waals surface area (Å²) in [5.41, 5.74) is 1.76. The van der Waals surface area contributed by atoms with E-state index in [2.05, 4.69) is 20.2 Å². The zero-order chi connectivity index (χ0) is 16.4. The maximum absolute atomic E-state index is 12.0. The van der Waals surface area contributed by atoms with Gasteiger partial charge in [-0.1, -0.05) is 12.1 Å². The molecule has 3 aromatic rings. The number of nitrogens with one attached hydrogen (secondary N) is 1. The van der Waals surface area contributed by atoms with Crippen molar-refractivity contribution in [1.29, 1.82) is 0 Å². The van der Waals surface area contributed by atoms with Crippen LogP contribution in [-0.4, -0.2) is 40.4 Å². The summed E-state index contributed by atoms with van der Waals surface area (Å²) in [4.78, 5) is 22.9. The second-order valence-corrected chi connectivity index (χ2v) is 6.85. The number of hydrogen-bond donors (Lipinski definition) is 1. The highest BCUT2D eigenvalue weighted by molar-refractivity contribution is 7.13. The maximum atomic E-state index is 12.0. The fourth-order valence-corrected chi connectivity index (χ4v) is 3.59. The summed E-state index contributed by atoms with van der Waals surface area (Å²) in [6.07, 6.45) is 3.60. The zero-order valence-corrected chi connectivity index (χ0v) is 14.0. The van der Waals surface area contributed by atoms with Crippen molar-refractivity contribution >= 4 is 33.5 Å². The minimum Gasteiger partial charge on any atom is -0.440 e. The van der Waals surface area contributed by atoms with Gasteiger partial charge in [0.15, 0.2) is 16.6 Å². The highest BCUT2D eigenvalue weighted by Gasteiger charge is 2.25. The second-order valence-electron chi connectivity index (χ2n) is 5.96. The molecular formula is C17H18N4O2S. The number of likely N-dealkylation sites (tertiary alicyclic amines) is 1. The van der Waals surface area contributed by atoms with Gasteiger partial charge in [-0.2, -0.15) is 0 Å². The molecule has 0 aliphatic carbocycles. The number of amides is 1. The van der Waals surface area contributed by atoms with Gasteiger partial charge in [0.05, 0.1) is 6.54 Å². The number of nitrogens with zero attached hydrogens (tertiary/aromatic N) is 3. The predicted octanol–water partition coefficient (Wildman–Crippen LogP) is 3.10. The number of carbonyl (C=O) groups is 1. The third-order valence-electron chi connectivity index (χ3n) is 4.29. The Balaban J connectivity index is 1.32. The van der Waals surface area contributed by atoms with Gasteiger partial charge >= 0.3 is 0 Å². The Morgan fingerprint density at radius 1 is 1.33 bits per heavy atom. The average molecular weight is 342 g/mol. The van der Waals surface area contributed by atoms with E-state index in [1.165, 1.54) is 11.3 Å². The average Bonchev–Trinajstić information content (AvgIpc) is 3.24. The van der Waals surface area contributed by atoms with Gasteiger partial charge in [0.1, 0.15) is 5.52 Å². The van der Waals surface area contributed by atoms with Crippen LogP contribution in [0.15, 0.2) is 40.3 Å². The van der Waals surface area contributed by atoms with Crippen molar-refractivity contribution in [3.63, 3.8) is 0 Å². The summed E-state index contributed by atoms with van der Waals surface area (Å²) < 4.78 is 5.88. The minimum atomic E-state index is -0.00902. The van der Waals surface area contributed by atoms with Crippen molar-refractivity contribution in [2.24, 2.45) is 0 Å². The predicted molar refractivity (Wildman–Crippen MR) is 93.2 cm³/mol. The van der Waals surface area contributed by atoms with E-state index in [4.69, 9.17) is 4.42 Å². The van der Waals surface area contributed by atoms with E-state index in [1.807, 2.05) is 29.6 Å². The number of hydrogen-bond acceptors (Lipinski definition) is 6. The van der Waals surface area contributed by atoms with Crippen LogP contribution in [-0.2, 0) is 4.79 Å². The van der Waals surface area contributed by atoms with E-state index in [1.54, 1.807) is 6.20 Å². The number of rotatable bonds is 4. The maximum Gasteiger partial charge on any atom is 0.240 e. The smallest absolute Gasteiger partial charge is 0.240 e. The van der Waals surface area contributed by atoms with Crippen molar-refractivity contribution < 1.29 is 9.21 Å². The van der Waals surface area contributed by atoms with Crippen LogP contribution in [0.5, 0.6) is 0 Å². The number of fused-ring (bicyclic) bond motifs is 1. The molecule has 0 radical (unpaired) electrons. The van der Waals surface area contributed by atoms with E-state index < -0.39 is 0 Å². The van der Waals surface area contributed by atoms with Crippen molar-refractivity contribution in [2.45, 2.75) is 18.8 Å². The molecule has 3 heterocycles. The fraction of sp³-hybridized carbons (Fsp3) is 0.353. The number of aromatic nitrogens is 2. The fourth-order valence-electron chi connectivity index (χ4n) is 3.05. The lowest BCUT2D eigenvalue weighted by Gasteiger charge is -2.29. The van der Waals surface area contributed by atoms with E-state index in [0.717, 1.165) is 42.9 Å². The Morgan fingerprint density at radius 3 is 2.92 bits per heavy atom. The molecule has 1 amide bonds. The second kappa shape index (κ2) is 6.70. The summed E-state index contributed by atoms with van der Waals surface area (Å²) >= 11 is 1.43. The lowest BCUT2D eigenvalue weighted by atomic mass is 9.97. The first-order chi connectivity index (χ1) is 11.8. The highest BCUT2D eigenvalue weighted by atomic mass is 32.1. The largest absolute Gasteiger partial charge is 0.440 e. The summed E-state index contributed by atoms with van der Waals surface area (Å²) in [7, 11) is 0. The van der Waals surface area contributed by atoms with Crippen LogP contribution >= 0.6 is 11.3 Å². The monoisotopic (exact) mass is 342 g/mol. The van der Waals surface area contributed by atoms with Gasteiger partial charge < -0.3 is 9.73 Å². The molecule has 0 atom stereocenters. The Morgan fingerprint density at radius 2 is 2.17 bits per heavy atom. The normalized spacial score (nSPS) is 16.5. The van der Waals surface area contributed by atoms with Crippen molar-refractivity contribution in [3.05, 3.63) is 41.7 Å². The van der Waals surface area contributed by atoms with Gasteiger partial charge in [0.25, 0.3) is 0 Å². The molecule has 0 saturated carbocycles. The van der Waals surface area contributed by atoms with Crippen LogP contribution in [0.3, 0.4) is 0 Å². The summed E-state index contributed by atoms with van der Waals surface area (Å²) in [5.74, 6) is 1.14. The van der Waals surface area contributed by atoms with Crippen LogP contribution in [0.25, 0.3) is 11.1 Å². The number of thiazole rings is 1. The number of anilines is 1. The zero-order valence-electron chi connectivity index (χ0n) is 13.1. The van der Waals surface area contributed by atoms with Crippen molar-refractivity contribution in [3.8, 4) is 0 Å². The molecular weight excluding hydrogens is 324 g/mol. The summed E-state index contributed by atoms with van der Waals surface area (Å²) in [5, 5.41) is 5.33. The number of piperidine rings is 1. The van der Waals surface area contributed by atoms with Gasteiger partial charge in [-0.15, -0.1) is 11.3 Å². The molecule has 7 heteroatoms. The van der Waals surface area contributed by atoms with Crippen LogP contribution in [0.4, 0.5) is 5.13 Å². The Hall–Kier alpha value is -2.25. The highest BCUT2D eigenvalue weighted by Crippen LogP contribution is 2.29. The molecule has 1 fully saturated rings. The first-order valence-corrected chi connectivity index (χ1v) is 8.93. The van der Waals surface area contributed by atoms with Crippen LogP contribution in [0.2, 0.25) is 0 Å². The summed E-state index contributed by atoms with van der Waals surface area (Å²) in [6, 6.07) is 7.85. The van der Waals surface area contributed by atoms with E-state index >= 15 is 0 Å². The third-order valence-corrected chi connectivity index (χ3v) is 4.98. The van der Waals surface area contributed by atoms with E-state index in [0.29, 0.717) is 17.6 Å². The van der Waals surface area contributed by atoms with Gasteiger partial charge in [-0.3, -0.25) is 9.69 Å². The molecule has 0 bridgehead atoms. The number of benzene rings is 1. The third kappa shape index (κ3) is 3.32. The molecule has 1 saturated heterocycles. The van der Waals surface area contributed by atoms with Crippen molar-refractivity contribution in [2.75, 3.05) is 25.0 Å². The molecule has 1 aliphatic heterocycles. The van der Waals surface area contributed by atoms with Crippen LogP contribution in [0, 0.1) is 0 Å². The quantitative estimate of drug-likeness (QED) is 0.789. The molecule has 24 heavy (non-hydrogen) atoms.